The number of hydrogen-bond donors (Lipinski definition) is 2. The molecule has 0 aromatic heterocycles. The van der Waals surface area contributed by atoms with E-state index in [1.54, 1.807) is 48.5 Å². The average molecular weight is 425 g/mol. The molecule has 2 amide bonds. The first-order valence-corrected chi connectivity index (χ1v) is 10.1. The average Bonchev–Trinajstić information content (AvgIpc) is 2.83. The monoisotopic (exact) mass is 425 g/mol. The lowest BCUT2D eigenvalue weighted by molar-refractivity contribution is -0.123. The lowest BCUT2D eigenvalue weighted by Crippen LogP contribution is -2.31. The number of nitrogens with one attached hydrogen (secondary N) is 2. The van der Waals surface area contributed by atoms with Crippen LogP contribution in [0.1, 0.15) is 24.1 Å². The lowest BCUT2D eigenvalue weighted by Gasteiger charge is -2.14. The highest BCUT2D eigenvalue weighted by Gasteiger charge is 2.11. The summed E-state index contributed by atoms with van der Waals surface area (Å²) in [5, 5.41) is 14.9. The lowest BCUT2D eigenvalue weighted by atomic mass is 10.1. The summed E-state index contributed by atoms with van der Waals surface area (Å²) in [5.41, 5.74) is 2.28. The number of amides is 2. The summed E-state index contributed by atoms with van der Waals surface area (Å²) in [6, 6.07) is 27.2. The van der Waals surface area contributed by atoms with Crippen molar-refractivity contribution in [2.45, 2.75) is 13.0 Å². The number of ether oxygens (including phenoxy) is 1. The van der Waals surface area contributed by atoms with Crippen molar-refractivity contribution in [1.82, 2.24) is 5.32 Å². The van der Waals surface area contributed by atoms with Gasteiger partial charge in [-0.3, -0.25) is 9.59 Å². The van der Waals surface area contributed by atoms with Crippen LogP contribution in [0.3, 0.4) is 0 Å². The third kappa shape index (κ3) is 6.57. The van der Waals surface area contributed by atoms with Crippen molar-refractivity contribution >= 4 is 23.6 Å². The number of nitrogens with zero attached hydrogens (tertiary/aromatic N) is 1. The minimum absolute atomic E-state index is 0.0169. The molecule has 6 heteroatoms. The van der Waals surface area contributed by atoms with E-state index < -0.39 is 5.91 Å². The molecule has 3 rings (SSSR count). The van der Waals surface area contributed by atoms with Gasteiger partial charge in [-0.1, -0.05) is 60.7 Å². The molecule has 0 aliphatic rings. The molecule has 32 heavy (non-hydrogen) atoms. The van der Waals surface area contributed by atoms with Crippen molar-refractivity contribution in [2.75, 3.05) is 11.9 Å². The molecule has 0 saturated heterocycles. The Morgan fingerprint density at radius 3 is 2.22 bits per heavy atom. The maximum absolute atomic E-state index is 12.3. The van der Waals surface area contributed by atoms with Crippen molar-refractivity contribution in [3.63, 3.8) is 0 Å². The summed E-state index contributed by atoms with van der Waals surface area (Å²) in [6.45, 7) is 1.80. The zero-order chi connectivity index (χ0) is 22.8. The van der Waals surface area contributed by atoms with Crippen LogP contribution in [0.25, 0.3) is 6.08 Å². The van der Waals surface area contributed by atoms with Gasteiger partial charge in [-0.15, -0.1) is 0 Å². The molecule has 0 aliphatic carbocycles. The van der Waals surface area contributed by atoms with Crippen LogP contribution >= 0.6 is 0 Å². The molecule has 0 radical (unpaired) electrons. The van der Waals surface area contributed by atoms with Crippen LogP contribution in [0.4, 0.5) is 5.69 Å². The van der Waals surface area contributed by atoms with Gasteiger partial charge in [0.05, 0.1) is 6.04 Å². The number of carbonyl (C=O) groups is 2. The number of rotatable bonds is 8. The maximum atomic E-state index is 12.3. The van der Waals surface area contributed by atoms with Gasteiger partial charge >= 0.3 is 0 Å². The molecule has 0 spiro atoms. The van der Waals surface area contributed by atoms with Gasteiger partial charge in [-0.25, -0.2) is 0 Å². The van der Waals surface area contributed by atoms with Crippen LogP contribution < -0.4 is 15.4 Å². The van der Waals surface area contributed by atoms with Crippen molar-refractivity contribution in [3.05, 3.63) is 102 Å². The number of anilines is 1. The highest BCUT2D eigenvalue weighted by atomic mass is 16.5. The van der Waals surface area contributed by atoms with Crippen molar-refractivity contribution < 1.29 is 14.3 Å². The molecule has 0 unspecified atom stereocenters. The van der Waals surface area contributed by atoms with Crippen LogP contribution in [-0.4, -0.2) is 18.4 Å². The standard InChI is InChI=1S/C26H23N3O3/c1-19(21-8-4-2-5-9-21)28-25(30)18-32-24-14-12-20(13-15-24)16-22(17-27)26(31)29-23-10-6-3-7-11-23/h2-16,19H,18H2,1H3,(H,28,30)(H,29,31)/b22-16+/t19-/m0/s1. The highest BCUT2D eigenvalue weighted by Crippen LogP contribution is 2.16. The molecular formula is C26H23N3O3. The van der Waals surface area contributed by atoms with Gasteiger partial charge in [0.25, 0.3) is 11.8 Å². The Kier molecular flexibility index (Phi) is 7.77. The largest absolute Gasteiger partial charge is 0.484 e. The van der Waals surface area contributed by atoms with Crippen LogP contribution in [0.15, 0.2) is 90.5 Å². The smallest absolute Gasteiger partial charge is 0.266 e. The van der Waals surface area contributed by atoms with Crippen LogP contribution in [0.5, 0.6) is 5.75 Å². The van der Waals surface area contributed by atoms with E-state index in [2.05, 4.69) is 10.6 Å². The SMILES string of the molecule is C[C@H](NC(=O)COc1ccc(/C=C(\C#N)C(=O)Nc2ccccc2)cc1)c1ccccc1. The van der Waals surface area contributed by atoms with Gasteiger partial charge in [0.15, 0.2) is 6.61 Å². The fourth-order valence-corrected chi connectivity index (χ4v) is 2.95. The Morgan fingerprint density at radius 1 is 0.969 bits per heavy atom. The summed E-state index contributed by atoms with van der Waals surface area (Å²) in [7, 11) is 0. The molecule has 3 aromatic carbocycles. The molecule has 6 nitrogen and oxygen atoms in total. The second kappa shape index (κ2) is 11.1. The molecule has 2 N–H and O–H groups in total. The zero-order valence-corrected chi connectivity index (χ0v) is 17.6. The van der Waals surface area contributed by atoms with E-state index in [-0.39, 0.29) is 24.1 Å². The Hall–Kier alpha value is -4.37. The van der Waals surface area contributed by atoms with Crippen molar-refractivity contribution in [3.8, 4) is 11.8 Å². The molecular weight excluding hydrogens is 402 g/mol. The van der Waals surface area contributed by atoms with Crippen LogP contribution in [0.2, 0.25) is 0 Å². The van der Waals surface area contributed by atoms with Gasteiger partial charge in [0.1, 0.15) is 17.4 Å². The van der Waals surface area contributed by atoms with E-state index in [0.717, 1.165) is 5.56 Å². The Balaban J connectivity index is 1.54. The first-order chi connectivity index (χ1) is 15.5. The maximum Gasteiger partial charge on any atom is 0.266 e. The van der Waals surface area contributed by atoms with Gasteiger partial charge in [-0.2, -0.15) is 5.26 Å². The fraction of sp³-hybridized carbons (Fsp3) is 0.115. The molecule has 0 aliphatic heterocycles. The predicted octanol–water partition coefficient (Wildman–Crippen LogP) is 4.49. The Bertz CT molecular complexity index is 1120. The van der Waals surface area contributed by atoms with Crippen molar-refractivity contribution in [1.29, 1.82) is 5.26 Å². The number of benzene rings is 3. The van der Waals surface area contributed by atoms with Gasteiger partial charge in [0, 0.05) is 5.69 Å². The zero-order valence-electron chi connectivity index (χ0n) is 17.6. The number of para-hydroxylation sites is 1. The van der Waals surface area contributed by atoms with Crippen molar-refractivity contribution in [2.24, 2.45) is 0 Å². The third-order valence-corrected chi connectivity index (χ3v) is 4.63. The third-order valence-electron chi connectivity index (χ3n) is 4.63. The molecule has 0 fully saturated rings. The summed E-state index contributed by atoms with van der Waals surface area (Å²) < 4.78 is 5.54. The molecule has 0 heterocycles. The van der Waals surface area contributed by atoms with Gasteiger partial charge in [0.2, 0.25) is 0 Å². The molecule has 0 saturated carbocycles. The fourth-order valence-electron chi connectivity index (χ4n) is 2.95. The second-order valence-corrected chi connectivity index (χ2v) is 7.05. The topological polar surface area (TPSA) is 91.2 Å². The Labute approximate surface area is 187 Å². The number of carbonyl (C=O) groups excluding carboxylic acids is 2. The molecule has 160 valence electrons. The van der Waals surface area contributed by atoms with Gasteiger partial charge in [-0.05, 0) is 48.4 Å². The highest BCUT2D eigenvalue weighted by molar-refractivity contribution is 6.09. The molecule has 1 atom stereocenters. The minimum Gasteiger partial charge on any atom is -0.484 e. The minimum atomic E-state index is -0.483. The summed E-state index contributed by atoms with van der Waals surface area (Å²) in [4.78, 5) is 24.5. The normalized spacial score (nSPS) is 11.7. The molecule has 3 aromatic rings. The van der Waals surface area contributed by atoms with E-state index >= 15 is 0 Å². The van der Waals surface area contributed by atoms with Crippen LogP contribution in [0, 0.1) is 11.3 Å². The van der Waals surface area contributed by atoms with E-state index in [9.17, 15) is 14.9 Å². The van der Waals surface area contributed by atoms with E-state index in [1.807, 2.05) is 49.4 Å². The first-order valence-electron chi connectivity index (χ1n) is 10.1. The van der Waals surface area contributed by atoms with Crippen LogP contribution in [-0.2, 0) is 9.59 Å². The Morgan fingerprint density at radius 2 is 1.59 bits per heavy atom. The van der Waals surface area contributed by atoms with E-state index in [4.69, 9.17) is 4.74 Å². The molecule has 0 bridgehead atoms. The first kappa shape index (κ1) is 22.3. The second-order valence-electron chi connectivity index (χ2n) is 7.05. The summed E-state index contributed by atoms with van der Waals surface area (Å²) >= 11 is 0. The summed E-state index contributed by atoms with van der Waals surface area (Å²) in [5.74, 6) is -0.199. The van der Waals surface area contributed by atoms with Gasteiger partial charge < -0.3 is 15.4 Å². The predicted molar refractivity (Wildman–Crippen MR) is 124 cm³/mol. The quantitative estimate of drug-likeness (QED) is 0.411. The van der Waals surface area contributed by atoms with E-state index in [1.165, 1.54) is 6.08 Å². The summed E-state index contributed by atoms with van der Waals surface area (Å²) in [6.07, 6.45) is 1.50. The van der Waals surface area contributed by atoms with E-state index in [0.29, 0.717) is 17.0 Å². The number of hydrogen-bond acceptors (Lipinski definition) is 4. The number of nitriles is 1.